The summed E-state index contributed by atoms with van der Waals surface area (Å²) in [6, 6.07) is 0. The zero-order valence-electron chi connectivity index (χ0n) is 13.7. The molecule has 0 aromatic carbocycles. The first-order valence-corrected chi connectivity index (χ1v) is 7.65. The van der Waals surface area contributed by atoms with Crippen LogP contribution in [0.5, 0.6) is 0 Å². The van der Waals surface area contributed by atoms with Gasteiger partial charge in [0.2, 0.25) is 5.91 Å². The Morgan fingerprint density at radius 3 is 2.62 bits per heavy atom. The van der Waals surface area contributed by atoms with Gasteiger partial charge in [0, 0.05) is 38.7 Å². The molecule has 1 rings (SSSR count). The lowest BCUT2D eigenvalue weighted by atomic mass is 9.54. The highest BCUT2D eigenvalue weighted by atomic mass is 16.5. The van der Waals surface area contributed by atoms with E-state index in [4.69, 9.17) is 19.9 Å². The van der Waals surface area contributed by atoms with Gasteiger partial charge in [-0.25, -0.2) is 0 Å². The molecule has 1 saturated carbocycles. The van der Waals surface area contributed by atoms with Gasteiger partial charge in [-0.2, -0.15) is 0 Å². The Kier molecular flexibility index (Phi) is 7.06. The third-order valence-electron chi connectivity index (χ3n) is 4.42. The van der Waals surface area contributed by atoms with Gasteiger partial charge in [-0.15, -0.1) is 0 Å². The molecule has 0 radical (unpaired) electrons. The van der Waals surface area contributed by atoms with Gasteiger partial charge >= 0.3 is 0 Å². The molecule has 21 heavy (non-hydrogen) atoms. The predicted octanol–water partition coefficient (Wildman–Crippen LogP) is 0.688. The summed E-state index contributed by atoms with van der Waals surface area (Å²) >= 11 is 0. The second kappa shape index (κ2) is 8.08. The van der Waals surface area contributed by atoms with Gasteiger partial charge in [-0.1, -0.05) is 13.8 Å². The molecule has 0 bridgehead atoms. The van der Waals surface area contributed by atoms with Crippen molar-refractivity contribution in [2.45, 2.75) is 45.3 Å². The SMILES string of the molecule is CCOC1CC(N)(C(=O)NCCCOCCOC)C1(C)C. The maximum absolute atomic E-state index is 12.3. The van der Waals surface area contributed by atoms with E-state index in [1.165, 1.54) is 0 Å². The average Bonchev–Trinajstić information content (AvgIpc) is 2.45. The second-order valence-corrected chi connectivity index (χ2v) is 6.06. The summed E-state index contributed by atoms with van der Waals surface area (Å²) in [5.74, 6) is -0.0969. The number of hydrogen-bond acceptors (Lipinski definition) is 5. The van der Waals surface area contributed by atoms with Gasteiger partial charge in [-0.05, 0) is 13.3 Å². The molecule has 6 nitrogen and oxygen atoms in total. The summed E-state index contributed by atoms with van der Waals surface area (Å²) in [4.78, 5) is 12.3. The van der Waals surface area contributed by atoms with Crippen molar-refractivity contribution in [1.82, 2.24) is 5.32 Å². The topological polar surface area (TPSA) is 82.8 Å². The van der Waals surface area contributed by atoms with Crippen LogP contribution >= 0.6 is 0 Å². The Hall–Kier alpha value is -0.690. The van der Waals surface area contributed by atoms with Gasteiger partial charge in [0.15, 0.2) is 0 Å². The third-order valence-corrected chi connectivity index (χ3v) is 4.42. The summed E-state index contributed by atoms with van der Waals surface area (Å²) in [6.07, 6.45) is 1.39. The number of amides is 1. The molecule has 0 aromatic rings. The lowest BCUT2D eigenvalue weighted by molar-refractivity contribution is -0.170. The molecule has 0 aromatic heterocycles. The summed E-state index contributed by atoms with van der Waals surface area (Å²) in [7, 11) is 1.64. The molecule has 1 aliphatic carbocycles. The minimum Gasteiger partial charge on any atom is -0.382 e. The van der Waals surface area contributed by atoms with Crippen LogP contribution in [0.15, 0.2) is 0 Å². The lowest BCUT2D eigenvalue weighted by Crippen LogP contribution is -2.75. The highest BCUT2D eigenvalue weighted by Gasteiger charge is 2.62. The molecular formula is C15H30N2O4. The molecule has 0 saturated heterocycles. The van der Waals surface area contributed by atoms with E-state index in [9.17, 15) is 4.79 Å². The number of nitrogens with two attached hydrogens (primary N) is 1. The summed E-state index contributed by atoms with van der Waals surface area (Å²) < 4.78 is 15.9. The van der Waals surface area contributed by atoms with Crippen molar-refractivity contribution in [2.24, 2.45) is 11.1 Å². The monoisotopic (exact) mass is 302 g/mol. The highest BCUT2D eigenvalue weighted by molar-refractivity contribution is 5.88. The Bertz CT molecular complexity index is 336. The number of ether oxygens (including phenoxy) is 3. The zero-order chi connectivity index (χ0) is 15.9. The average molecular weight is 302 g/mol. The van der Waals surface area contributed by atoms with Crippen molar-refractivity contribution in [1.29, 1.82) is 0 Å². The quantitative estimate of drug-likeness (QED) is 0.580. The first-order valence-electron chi connectivity index (χ1n) is 7.65. The van der Waals surface area contributed by atoms with Crippen molar-refractivity contribution in [3.8, 4) is 0 Å². The van der Waals surface area contributed by atoms with E-state index in [0.717, 1.165) is 6.42 Å². The van der Waals surface area contributed by atoms with Gasteiger partial charge in [0.1, 0.15) is 5.54 Å². The molecule has 0 spiro atoms. The first-order chi connectivity index (χ1) is 9.90. The number of carbonyl (C=O) groups excluding carboxylic acids is 1. The van der Waals surface area contributed by atoms with Crippen LogP contribution < -0.4 is 11.1 Å². The molecule has 6 heteroatoms. The molecular weight excluding hydrogens is 272 g/mol. The number of methoxy groups -OCH3 is 1. The van der Waals surface area contributed by atoms with Crippen molar-refractivity contribution < 1.29 is 19.0 Å². The van der Waals surface area contributed by atoms with E-state index in [-0.39, 0.29) is 17.4 Å². The van der Waals surface area contributed by atoms with E-state index in [1.54, 1.807) is 7.11 Å². The molecule has 1 amide bonds. The van der Waals surface area contributed by atoms with Crippen LogP contribution in [0.1, 0.15) is 33.6 Å². The van der Waals surface area contributed by atoms with E-state index in [1.807, 2.05) is 20.8 Å². The molecule has 1 aliphatic rings. The number of rotatable bonds is 10. The molecule has 124 valence electrons. The fraction of sp³-hybridized carbons (Fsp3) is 0.933. The molecule has 3 N–H and O–H groups in total. The molecule has 2 atom stereocenters. The Labute approximate surface area is 127 Å². The van der Waals surface area contributed by atoms with Crippen molar-refractivity contribution in [3.63, 3.8) is 0 Å². The van der Waals surface area contributed by atoms with Crippen molar-refractivity contribution in [2.75, 3.05) is 40.1 Å². The van der Waals surface area contributed by atoms with Crippen molar-refractivity contribution >= 4 is 5.91 Å². The minimum absolute atomic E-state index is 0.0515. The second-order valence-electron chi connectivity index (χ2n) is 6.06. The molecule has 0 aliphatic heterocycles. The molecule has 0 heterocycles. The van der Waals surface area contributed by atoms with Crippen LogP contribution in [0.4, 0.5) is 0 Å². The van der Waals surface area contributed by atoms with E-state index in [2.05, 4.69) is 5.32 Å². The fourth-order valence-corrected chi connectivity index (χ4v) is 2.60. The van der Waals surface area contributed by atoms with E-state index >= 15 is 0 Å². The van der Waals surface area contributed by atoms with E-state index in [0.29, 0.717) is 39.4 Å². The zero-order valence-corrected chi connectivity index (χ0v) is 13.7. The predicted molar refractivity (Wildman–Crippen MR) is 81.1 cm³/mol. The summed E-state index contributed by atoms with van der Waals surface area (Å²) in [5, 5.41) is 2.90. The number of nitrogens with one attached hydrogen (secondary N) is 1. The minimum atomic E-state index is -0.844. The van der Waals surface area contributed by atoms with Gasteiger partial charge in [0.25, 0.3) is 0 Å². The number of hydrogen-bond donors (Lipinski definition) is 2. The van der Waals surface area contributed by atoms with Crippen LogP contribution in [-0.2, 0) is 19.0 Å². The van der Waals surface area contributed by atoms with E-state index < -0.39 is 5.54 Å². The van der Waals surface area contributed by atoms with Gasteiger partial charge in [0.05, 0.1) is 19.3 Å². The van der Waals surface area contributed by atoms with Crippen LogP contribution in [0.2, 0.25) is 0 Å². The lowest BCUT2D eigenvalue weighted by Gasteiger charge is -2.57. The Morgan fingerprint density at radius 2 is 2.05 bits per heavy atom. The molecule has 2 unspecified atom stereocenters. The largest absolute Gasteiger partial charge is 0.382 e. The van der Waals surface area contributed by atoms with Crippen LogP contribution in [0, 0.1) is 5.41 Å². The third kappa shape index (κ3) is 4.16. The Balaban J connectivity index is 2.26. The van der Waals surface area contributed by atoms with Crippen LogP contribution in [0.25, 0.3) is 0 Å². The highest BCUT2D eigenvalue weighted by Crippen LogP contribution is 2.49. The first kappa shape index (κ1) is 18.4. The molecule has 1 fully saturated rings. The van der Waals surface area contributed by atoms with Crippen LogP contribution in [-0.4, -0.2) is 57.6 Å². The normalized spacial score (nSPS) is 27.2. The summed E-state index contributed by atoms with van der Waals surface area (Å²) in [6.45, 7) is 8.92. The fourth-order valence-electron chi connectivity index (χ4n) is 2.60. The van der Waals surface area contributed by atoms with Gasteiger partial charge < -0.3 is 25.3 Å². The van der Waals surface area contributed by atoms with Crippen molar-refractivity contribution in [3.05, 3.63) is 0 Å². The van der Waals surface area contributed by atoms with Crippen LogP contribution in [0.3, 0.4) is 0 Å². The maximum Gasteiger partial charge on any atom is 0.240 e. The maximum atomic E-state index is 12.3. The van der Waals surface area contributed by atoms with Gasteiger partial charge in [-0.3, -0.25) is 4.79 Å². The summed E-state index contributed by atoms with van der Waals surface area (Å²) in [5.41, 5.74) is 5.10. The number of carbonyl (C=O) groups is 1. The Morgan fingerprint density at radius 1 is 1.33 bits per heavy atom. The smallest absolute Gasteiger partial charge is 0.240 e. The standard InChI is InChI=1S/C15H30N2O4/c1-5-21-12-11-15(16,14(12,2)3)13(18)17-7-6-8-20-10-9-19-4/h12H,5-11,16H2,1-4H3,(H,17,18).